The first-order valence-corrected chi connectivity index (χ1v) is 8.99. The Hall–Kier alpha value is -1.42. The average molecular weight is 334 g/mol. The summed E-state index contributed by atoms with van der Waals surface area (Å²) in [5.41, 5.74) is 2.40. The van der Waals surface area contributed by atoms with Gasteiger partial charge in [0.05, 0.1) is 6.10 Å². The lowest BCUT2D eigenvalue weighted by Crippen LogP contribution is -2.41. The molecular formula is C20H24F2O2. The van der Waals surface area contributed by atoms with Gasteiger partial charge in [-0.15, -0.1) is 0 Å². The molecule has 0 unspecified atom stereocenters. The maximum Gasteiger partial charge on any atom is 0.266 e. The van der Waals surface area contributed by atoms with Crippen LogP contribution in [0.4, 0.5) is 8.78 Å². The van der Waals surface area contributed by atoms with Crippen molar-refractivity contribution < 1.29 is 19.0 Å². The van der Waals surface area contributed by atoms with Crippen LogP contribution in [0.5, 0.6) is 5.75 Å². The van der Waals surface area contributed by atoms with E-state index in [0.717, 1.165) is 38.2 Å². The van der Waals surface area contributed by atoms with E-state index in [1.165, 1.54) is 11.1 Å². The molecule has 4 heteroatoms. The van der Waals surface area contributed by atoms with Crippen molar-refractivity contribution in [2.45, 2.75) is 57.0 Å². The maximum absolute atomic E-state index is 12.7. The summed E-state index contributed by atoms with van der Waals surface area (Å²) in [6.45, 7) is 0. The predicted octanol–water partition coefficient (Wildman–Crippen LogP) is 4.76. The molecule has 0 spiro atoms. The van der Waals surface area contributed by atoms with Crippen molar-refractivity contribution in [1.29, 1.82) is 0 Å². The normalized spacial score (nSPS) is 37.3. The van der Waals surface area contributed by atoms with Gasteiger partial charge in [-0.3, -0.25) is 0 Å². The fourth-order valence-corrected chi connectivity index (χ4v) is 6.00. The Kier molecular flexibility index (Phi) is 3.91. The van der Waals surface area contributed by atoms with E-state index >= 15 is 0 Å². The van der Waals surface area contributed by atoms with Crippen LogP contribution in [0.15, 0.2) is 30.4 Å². The first-order chi connectivity index (χ1) is 11.5. The molecule has 130 valence electrons. The summed E-state index contributed by atoms with van der Waals surface area (Å²) in [5, 5.41) is 20.0. The Bertz CT molecular complexity index is 668. The molecule has 0 bridgehead atoms. The highest BCUT2D eigenvalue weighted by Gasteiger charge is 2.54. The predicted molar refractivity (Wildman–Crippen MR) is 88.0 cm³/mol. The molecule has 5 atom stereocenters. The summed E-state index contributed by atoms with van der Waals surface area (Å²) in [5.74, 6) is 1.54. The second kappa shape index (κ2) is 5.83. The molecule has 4 rings (SSSR count). The number of phenolic OH excluding ortho intramolecular Hbond substituents is 1. The Labute approximate surface area is 141 Å². The lowest BCUT2D eigenvalue weighted by molar-refractivity contribution is 0.0452. The quantitative estimate of drug-likeness (QED) is 0.818. The molecule has 0 heterocycles. The third kappa shape index (κ3) is 2.55. The van der Waals surface area contributed by atoms with Gasteiger partial charge in [-0.2, -0.15) is 8.78 Å². The molecule has 2 saturated carbocycles. The van der Waals surface area contributed by atoms with Crippen LogP contribution in [0.3, 0.4) is 0 Å². The van der Waals surface area contributed by atoms with E-state index in [0.29, 0.717) is 36.3 Å². The summed E-state index contributed by atoms with van der Waals surface area (Å²) in [6, 6.07) is 5.67. The number of phenols is 1. The van der Waals surface area contributed by atoms with E-state index in [-0.39, 0.29) is 11.5 Å². The highest BCUT2D eigenvalue weighted by Crippen LogP contribution is 2.62. The van der Waals surface area contributed by atoms with Gasteiger partial charge < -0.3 is 10.2 Å². The van der Waals surface area contributed by atoms with Crippen LogP contribution < -0.4 is 0 Å². The molecule has 0 aromatic heterocycles. The largest absolute Gasteiger partial charge is 0.508 e. The molecule has 2 fully saturated rings. The zero-order valence-corrected chi connectivity index (χ0v) is 13.7. The average Bonchev–Trinajstić information content (AvgIpc) is 2.89. The fourth-order valence-electron chi connectivity index (χ4n) is 6.00. The highest BCUT2D eigenvalue weighted by atomic mass is 19.3. The topological polar surface area (TPSA) is 40.5 Å². The van der Waals surface area contributed by atoms with Crippen LogP contribution in [-0.4, -0.2) is 16.3 Å². The fraction of sp³-hybridized carbons (Fsp3) is 0.600. The first kappa shape index (κ1) is 16.1. The van der Waals surface area contributed by atoms with Crippen molar-refractivity contribution in [2.75, 3.05) is 0 Å². The van der Waals surface area contributed by atoms with Crippen LogP contribution in [0.25, 0.3) is 0 Å². The van der Waals surface area contributed by atoms with Crippen molar-refractivity contribution >= 4 is 0 Å². The number of fused-ring (bicyclic) bond motifs is 5. The molecule has 2 nitrogen and oxygen atoms in total. The molecular weight excluding hydrogens is 310 g/mol. The van der Waals surface area contributed by atoms with E-state index in [1.54, 1.807) is 6.07 Å². The molecule has 1 aromatic carbocycles. The minimum absolute atomic E-state index is 0.154. The summed E-state index contributed by atoms with van der Waals surface area (Å²) in [4.78, 5) is 0. The molecule has 3 aliphatic carbocycles. The van der Waals surface area contributed by atoms with Crippen LogP contribution in [0, 0.1) is 17.3 Å². The third-order valence-corrected chi connectivity index (χ3v) is 6.88. The third-order valence-electron chi connectivity index (χ3n) is 6.88. The van der Waals surface area contributed by atoms with E-state index in [1.807, 2.05) is 12.1 Å². The number of aliphatic hydroxyl groups is 1. The zero-order valence-electron chi connectivity index (χ0n) is 13.7. The Morgan fingerprint density at radius 3 is 2.92 bits per heavy atom. The maximum atomic E-state index is 12.7. The van der Waals surface area contributed by atoms with Gasteiger partial charge in [0.15, 0.2) is 0 Å². The van der Waals surface area contributed by atoms with Crippen molar-refractivity contribution in [2.24, 2.45) is 17.3 Å². The number of allylic oxidation sites excluding steroid dienone is 1. The second-order valence-corrected chi connectivity index (χ2v) is 7.99. The molecule has 0 radical (unpaired) electrons. The van der Waals surface area contributed by atoms with Crippen LogP contribution in [0.1, 0.15) is 55.6 Å². The molecule has 1 aromatic rings. The molecule has 3 aliphatic rings. The summed E-state index contributed by atoms with van der Waals surface area (Å²) < 4.78 is 25.4. The van der Waals surface area contributed by atoms with Crippen LogP contribution in [0.2, 0.25) is 0 Å². The standard InChI is InChI=1S/C20H24F2O2/c21-19(22)6-8-20-7-5-16-15-4-2-13(23)9-12(15)1-3-17(16)18(20)10-14(24)11-20/h2,4,6,9,14,16-18,23-24H,1,3,5,7-8,10-11H2/t14-,16-,17-,18+,20+/m1/s1. The van der Waals surface area contributed by atoms with Crippen LogP contribution >= 0.6 is 0 Å². The Morgan fingerprint density at radius 1 is 1.29 bits per heavy atom. The highest BCUT2D eigenvalue weighted by molar-refractivity contribution is 5.40. The number of hydrogen-bond donors (Lipinski definition) is 2. The lowest BCUT2D eigenvalue weighted by Gasteiger charge is -2.50. The van der Waals surface area contributed by atoms with E-state index in [2.05, 4.69) is 0 Å². The number of aromatic hydroxyl groups is 1. The Balaban J connectivity index is 1.66. The molecule has 0 aliphatic heterocycles. The van der Waals surface area contributed by atoms with Crippen molar-refractivity contribution in [3.05, 3.63) is 41.5 Å². The van der Waals surface area contributed by atoms with Gasteiger partial charge in [0.2, 0.25) is 0 Å². The number of halogens is 2. The van der Waals surface area contributed by atoms with E-state index < -0.39 is 6.08 Å². The van der Waals surface area contributed by atoms with Gasteiger partial charge in [-0.1, -0.05) is 6.07 Å². The van der Waals surface area contributed by atoms with Gasteiger partial charge in [-0.25, -0.2) is 0 Å². The van der Waals surface area contributed by atoms with E-state index in [9.17, 15) is 19.0 Å². The number of aliphatic hydroxyl groups excluding tert-OH is 1. The van der Waals surface area contributed by atoms with Gasteiger partial charge in [-0.05, 0) is 97.5 Å². The SMILES string of the molecule is Oc1ccc2c(c1)CC[C@@H]1[C@@H]2CC[C@]2(CC=C(F)F)C[C@H](O)C[C@@H]12. The van der Waals surface area contributed by atoms with Gasteiger partial charge >= 0.3 is 0 Å². The van der Waals surface area contributed by atoms with Crippen LogP contribution in [-0.2, 0) is 6.42 Å². The summed E-state index contributed by atoms with van der Waals surface area (Å²) in [6.07, 6.45) is 4.77. The monoisotopic (exact) mass is 334 g/mol. The number of hydrogen-bond acceptors (Lipinski definition) is 2. The first-order valence-electron chi connectivity index (χ1n) is 8.99. The van der Waals surface area contributed by atoms with Crippen molar-refractivity contribution in [3.8, 4) is 5.75 Å². The molecule has 2 N–H and O–H groups in total. The molecule has 24 heavy (non-hydrogen) atoms. The number of aryl methyl sites for hydroxylation is 1. The summed E-state index contributed by atoms with van der Waals surface area (Å²) >= 11 is 0. The van der Waals surface area contributed by atoms with E-state index in [4.69, 9.17) is 0 Å². The summed E-state index contributed by atoms with van der Waals surface area (Å²) in [7, 11) is 0. The minimum atomic E-state index is -1.60. The Morgan fingerprint density at radius 2 is 2.12 bits per heavy atom. The molecule has 0 saturated heterocycles. The second-order valence-electron chi connectivity index (χ2n) is 7.99. The van der Waals surface area contributed by atoms with Crippen molar-refractivity contribution in [1.82, 2.24) is 0 Å². The smallest absolute Gasteiger partial charge is 0.266 e. The van der Waals surface area contributed by atoms with Crippen molar-refractivity contribution in [3.63, 3.8) is 0 Å². The van der Waals surface area contributed by atoms with Gasteiger partial charge in [0.1, 0.15) is 5.75 Å². The van der Waals surface area contributed by atoms with Gasteiger partial charge in [0.25, 0.3) is 6.08 Å². The van der Waals surface area contributed by atoms with Gasteiger partial charge in [0, 0.05) is 0 Å². The lowest BCUT2D eigenvalue weighted by atomic mass is 9.54. The number of benzene rings is 1. The minimum Gasteiger partial charge on any atom is -0.508 e. The number of rotatable bonds is 2. The molecule has 0 amide bonds. The zero-order chi connectivity index (χ0) is 16.9.